The lowest BCUT2D eigenvalue weighted by atomic mass is 9.68. The number of ether oxygens (including phenoxy) is 2. The fourth-order valence-electron chi connectivity index (χ4n) is 12.8. The number of nitrogens with zero attached hydrogens (tertiary/aromatic N) is 7. The van der Waals surface area contributed by atoms with Crippen LogP contribution in [-0.4, -0.2) is 233 Å². The molecule has 0 spiro atoms. The minimum Gasteiger partial charge on any atom is -0.393 e. The van der Waals surface area contributed by atoms with Crippen molar-refractivity contribution in [3.8, 4) is 0 Å². The first kappa shape index (κ1) is 48.5. The quantitative estimate of drug-likeness (QED) is 0.140. The zero-order valence-electron chi connectivity index (χ0n) is 39.1. The first-order chi connectivity index (χ1) is 30.0. The first-order valence-electron chi connectivity index (χ1n) is 26.3. The molecule has 4 unspecified atom stereocenters. The van der Waals surface area contributed by atoms with E-state index in [9.17, 15) is 10.2 Å². The van der Waals surface area contributed by atoms with Gasteiger partial charge in [0.2, 0.25) is 0 Å². The molecule has 0 aromatic rings. The van der Waals surface area contributed by atoms with Gasteiger partial charge in [-0.1, -0.05) is 6.42 Å². The van der Waals surface area contributed by atoms with Gasteiger partial charge in [0.25, 0.3) is 0 Å². The summed E-state index contributed by atoms with van der Waals surface area (Å²) in [5.74, 6) is 2.11. The van der Waals surface area contributed by atoms with Crippen LogP contribution in [0.2, 0.25) is 0 Å². The maximum absolute atomic E-state index is 10.5. The van der Waals surface area contributed by atoms with E-state index in [0.29, 0.717) is 11.8 Å². The van der Waals surface area contributed by atoms with Gasteiger partial charge in [-0.05, 0) is 173 Å². The molecule has 61 heavy (non-hydrogen) atoms. The van der Waals surface area contributed by atoms with Crippen molar-refractivity contribution in [1.29, 1.82) is 0 Å². The predicted octanol–water partition coefficient (Wildman–Crippen LogP) is 3.76. The highest BCUT2D eigenvalue weighted by molar-refractivity contribution is 5.00. The maximum Gasteiger partial charge on any atom is 0.0594 e. The Morgan fingerprint density at radius 3 is 1.84 bits per heavy atom. The Hall–Kier alpha value is -0.480. The molecule has 0 aromatic heterocycles. The van der Waals surface area contributed by atoms with Gasteiger partial charge in [0.15, 0.2) is 0 Å². The van der Waals surface area contributed by atoms with Crippen molar-refractivity contribution in [2.45, 2.75) is 127 Å². The van der Waals surface area contributed by atoms with E-state index in [1.54, 1.807) is 0 Å². The molecule has 7 saturated heterocycles. The summed E-state index contributed by atoms with van der Waals surface area (Å²) < 4.78 is 12.0. The number of hydrogen-bond acceptors (Lipinski definition) is 12. The minimum atomic E-state index is -0.123. The van der Waals surface area contributed by atoms with Crippen LogP contribution in [0.15, 0.2) is 0 Å². The lowest BCUT2D eigenvalue weighted by Gasteiger charge is -2.53. The molecule has 0 radical (unpaired) electrons. The van der Waals surface area contributed by atoms with Gasteiger partial charge in [0.1, 0.15) is 0 Å². The van der Waals surface area contributed by atoms with E-state index < -0.39 is 0 Å². The summed E-state index contributed by atoms with van der Waals surface area (Å²) in [6.45, 7) is 29.1. The molecule has 12 nitrogen and oxygen atoms in total. The summed E-state index contributed by atoms with van der Waals surface area (Å²) in [5, 5.41) is 24.2. The highest BCUT2D eigenvalue weighted by atomic mass is 16.5. The van der Waals surface area contributed by atoms with Crippen LogP contribution in [0.4, 0.5) is 0 Å². The molecule has 3 N–H and O–H groups in total. The van der Waals surface area contributed by atoms with Gasteiger partial charge in [0, 0.05) is 97.2 Å². The molecule has 0 aliphatic carbocycles. The van der Waals surface area contributed by atoms with Gasteiger partial charge in [-0.3, -0.25) is 9.80 Å². The number of morpholine rings is 2. The van der Waals surface area contributed by atoms with Crippen LogP contribution in [0.1, 0.15) is 109 Å². The molecule has 7 aliphatic heterocycles. The molecular weight excluding hydrogens is 765 g/mol. The average molecular weight is 859 g/mol. The minimum absolute atomic E-state index is 0.0820. The van der Waals surface area contributed by atoms with Gasteiger partial charge in [0.05, 0.1) is 38.6 Å². The Kier molecular flexibility index (Phi) is 21.1. The van der Waals surface area contributed by atoms with E-state index in [4.69, 9.17) is 9.47 Å². The molecule has 354 valence electrons. The summed E-state index contributed by atoms with van der Waals surface area (Å²) in [4.78, 5) is 19.6. The van der Waals surface area contributed by atoms with Crippen LogP contribution >= 0.6 is 0 Å². The summed E-state index contributed by atoms with van der Waals surface area (Å²) in [7, 11) is 0. The van der Waals surface area contributed by atoms with Crippen molar-refractivity contribution < 1.29 is 19.7 Å². The Morgan fingerprint density at radius 1 is 0.525 bits per heavy atom. The second-order valence-corrected chi connectivity index (χ2v) is 20.9. The second-order valence-electron chi connectivity index (χ2n) is 20.9. The normalized spacial score (nSPS) is 28.5. The summed E-state index contributed by atoms with van der Waals surface area (Å²) in [6, 6.07) is 0. The van der Waals surface area contributed by atoms with Gasteiger partial charge in [-0.25, -0.2) is 0 Å². The molecular formula is C49H94N8O4. The summed E-state index contributed by atoms with van der Waals surface area (Å²) in [5.41, 5.74) is 0.155. The number of aliphatic hydroxyl groups excluding tert-OH is 2. The standard InChI is InChI=1S/C49H94N8O4/c58-47-12-27-53(28-13-47)24-9-44-7-4-22-55(42-44)23-6-16-49(57-35-39-61-40-36-57,41-45(10-25-54-31-17-50-18-32-54)43-56-29-14-48(59)15-30-56)46(11-26-51-19-2-1-3-20-51)8-5-21-52-33-37-60-38-34-52/h44-48,50,58-59H,1-43H2. The Bertz CT molecular complexity index is 1150. The Labute approximate surface area is 373 Å². The summed E-state index contributed by atoms with van der Waals surface area (Å²) >= 11 is 0. The van der Waals surface area contributed by atoms with Gasteiger partial charge in [-0.2, -0.15) is 0 Å². The SMILES string of the molecule is OC1CCN(CCC2CCCN(CCCC(CC(CCN3CCNCC3)CN3CCC(O)CC3)(C(CCCN3CCOCC3)CCN3CCCCC3)N3CCOCC3)C2)CC1. The third-order valence-electron chi connectivity index (χ3n) is 16.7. The number of piperidine rings is 4. The largest absolute Gasteiger partial charge is 0.393 e. The molecule has 0 aromatic carbocycles. The van der Waals surface area contributed by atoms with E-state index in [-0.39, 0.29) is 17.7 Å². The van der Waals surface area contributed by atoms with Crippen molar-refractivity contribution >= 4 is 0 Å². The van der Waals surface area contributed by atoms with Gasteiger partial charge < -0.3 is 49.5 Å². The topological polar surface area (TPSA) is 93.6 Å². The maximum atomic E-state index is 10.5. The highest BCUT2D eigenvalue weighted by Crippen LogP contribution is 2.43. The van der Waals surface area contributed by atoms with E-state index in [1.807, 2.05) is 0 Å². The number of hydrogen-bond donors (Lipinski definition) is 3. The number of likely N-dealkylation sites (tertiary alicyclic amines) is 4. The highest BCUT2D eigenvalue weighted by Gasteiger charge is 2.45. The van der Waals surface area contributed by atoms with Crippen molar-refractivity contribution in [2.75, 3.05) is 170 Å². The third kappa shape index (κ3) is 16.1. The van der Waals surface area contributed by atoms with Crippen LogP contribution in [0, 0.1) is 17.8 Å². The van der Waals surface area contributed by atoms with Gasteiger partial charge in [-0.15, -0.1) is 0 Å². The fourth-order valence-corrected chi connectivity index (χ4v) is 12.8. The average Bonchev–Trinajstić information content (AvgIpc) is 3.31. The number of piperazine rings is 1. The predicted molar refractivity (Wildman–Crippen MR) is 248 cm³/mol. The molecule has 0 saturated carbocycles. The van der Waals surface area contributed by atoms with Crippen molar-refractivity contribution in [3.63, 3.8) is 0 Å². The van der Waals surface area contributed by atoms with Gasteiger partial charge >= 0.3 is 0 Å². The van der Waals surface area contributed by atoms with Crippen LogP contribution in [0.25, 0.3) is 0 Å². The van der Waals surface area contributed by atoms with E-state index in [0.717, 1.165) is 123 Å². The number of nitrogens with one attached hydrogen (secondary N) is 1. The smallest absolute Gasteiger partial charge is 0.0594 e. The van der Waals surface area contributed by atoms with E-state index >= 15 is 0 Å². The second kappa shape index (κ2) is 26.6. The lowest BCUT2D eigenvalue weighted by Crippen LogP contribution is -2.60. The van der Waals surface area contributed by atoms with Crippen LogP contribution in [-0.2, 0) is 9.47 Å². The Balaban J connectivity index is 1.12. The summed E-state index contributed by atoms with van der Waals surface area (Å²) in [6.07, 6.45) is 20.8. The number of rotatable bonds is 23. The van der Waals surface area contributed by atoms with Crippen LogP contribution < -0.4 is 5.32 Å². The molecule has 7 fully saturated rings. The van der Waals surface area contributed by atoms with Crippen molar-refractivity contribution in [1.82, 2.24) is 39.6 Å². The van der Waals surface area contributed by atoms with Crippen molar-refractivity contribution in [2.24, 2.45) is 17.8 Å². The monoisotopic (exact) mass is 859 g/mol. The lowest BCUT2D eigenvalue weighted by molar-refractivity contribution is -0.0733. The van der Waals surface area contributed by atoms with Crippen LogP contribution in [0.3, 0.4) is 0 Å². The molecule has 12 heteroatoms. The number of aliphatic hydroxyl groups is 2. The molecule has 7 heterocycles. The van der Waals surface area contributed by atoms with Crippen LogP contribution in [0.5, 0.6) is 0 Å². The zero-order valence-corrected chi connectivity index (χ0v) is 39.1. The van der Waals surface area contributed by atoms with E-state index in [2.05, 4.69) is 39.6 Å². The molecule has 0 bridgehead atoms. The molecule has 4 atom stereocenters. The molecule has 7 rings (SSSR count). The fraction of sp³-hybridized carbons (Fsp3) is 1.00. The zero-order chi connectivity index (χ0) is 42.0. The van der Waals surface area contributed by atoms with Crippen molar-refractivity contribution in [3.05, 3.63) is 0 Å². The Morgan fingerprint density at radius 2 is 1.11 bits per heavy atom. The third-order valence-corrected chi connectivity index (χ3v) is 16.7. The first-order valence-corrected chi connectivity index (χ1v) is 26.3. The van der Waals surface area contributed by atoms with E-state index in [1.165, 1.54) is 162 Å². The molecule has 7 aliphatic rings. The molecule has 0 amide bonds.